The van der Waals surface area contributed by atoms with Crippen LogP contribution >= 0.6 is 0 Å². The number of hydrogen-bond acceptors (Lipinski definition) is 7. The van der Waals surface area contributed by atoms with Gasteiger partial charge in [-0.1, -0.05) is 0 Å². The molecule has 0 atom stereocenters. The fourth-order valence-electron chi connectivity index (χ4n) is 2.67. The minimum Gasteiger partial charge on any atom is -0.497 e. The van der Waals surface area contributed by atoms with Gasteiger partial charge in [-0.3, -0.25) is 4.31 Å². The lowest BCUT2D eigenvalue weighted by Gasteiger charge is -2.21. The summed E-state index contributed by atoms with van der Waals surface area (Å²) in [5, 5.41) is 0. The third kappa shape index (κ3) is 4.75. The van der Waals surface area contributed by atoms with Crippen LogP contribution in [-0.2, 0) is 21.3 Å². The number of esters is 1. The van der Waals surface area contributed by atoms with Gasteiger partial charge < -0.3 is 13.9 Å². The predicted octanol–water partition coefficient (Wildman–Crippen LogP) is 3.10. The third-order valence-corrected chi connectivity index (χ3v) is 5.31. The number of carbonyl (C=O) groups is 1. The first kappa shape index (κ1) is 20.4. The summed E-state index contributed by atoms with van der Waals surface area (Å²) in [6.07, 6.45) is 2.52. The molecule has 9 heteroatoms. The zero-order chi connectivity index (χ0) is 21.0. The standard InChI is InChI=1S/C20H20N2O6S/c1-26-18-10-6-14(7-11-18)19-21-16(13-28-19)12-22(29(3,24)25)17-8-4-15(5-9-17)20(23)27-2/h4-11,13H,12H2,1-3H3. The van der Waals surface area contributed by atoms with Crippen LogP contribution in [-0.4, -0.2) is 39.8 Å². The average molecular weight is 416 g/mol. The van der Waals surface area contributed by atoms with Crippen LogP contribution < -0.4 is 9.04 Å². The highest BCUT2D eigenvalue weighted by Crippen LogP contribution is 2.25. The fourth-order valence-corrected chi connectivity index (χ4v) is 3.55. The van der Waals surface area contributed by atoms with E-state index < -0.39 is 16.0 Å². The van der Waals surface area contributed by atoms with Crippen LogP contribution in [0.4, 0.5) is 5.69 Å². The maximum absolute atomic E-state index is 12.3. The summed E-state index contributed by atoms with van der Waals surface area (Å²) in [6.45, 7) is -0.0178. The van der Waals surface area contributed by atoms with E-state index in [1.165, 1.54) is 41.9 Å². The highest BCUT2D eigenvalue weighted by atomic mass is 32.2. The summed E-state index contributed by atoms with van der Waals surface area (Å²) >= 11 is 0. The zero-order valence-electron chi connectivity index (χ0n) is 16.2. The van der Waals surface area contributed by atoms with Crippen molar-refractivity contribution in [3.8, 4) is 17.2 Å². The van der Waals surface area contributed by atoms with Crippen LogP contribution in [0.15, 0.2) is 59.2 Å². The van der Waals surface area contributed by atoms with Crippen LogP contribution in [0.2, 0.25) is 0 Å². The molecule has 3 rings (SSSR count). The molecule has 0 aliphatic heterocycles. The molecule has 0 aliphatic rings. The Balaban J connectivity index is 1.84. The first-order chi connectivity index (χ1) is 13.8. The van der Waals surface area contributed by atoms with E-state index >= 15 is 0 Å². The van der Waals surface area contributed by atoms with Gasteiger partial charge in [-0.25, -0.2) is 18.2 Å². The monoisotopic (exact) mass is 416 g/mol. The number of aromatic nitrogens is 1. The highest BCUT2D eigenvalue weighted by Gasteiger charge is 2.20. The van der Waals surface area contributed by atoms with Crippen molar-refractivity contribution in [2.45, 2.75) is 6.54 Å². The first-order valence-electron chi connectivity index (χ1n) is 8.56. The Morgan fingerprint density at radius 2 is 1.72 bits per heavy atom. The molecular weight excluding hydrogens is 396 g/mol. The van der Waals surface area contributed by atoms with Gasteiger partial charge in [0, 0.05) is 5.56 Å². The lowest BCUT2D eigenvalue weighted by atomic mass is 10.2. The van der Waals surface area contributed by atoms with E-state index in [-0.39, 0.29) is 6.54 Å². The van der Waals surface area contributed by atoms with Crippen molar-refractivity contribution in [1.82, 2.24) is 4.98 Å². The van der Waals surface area contributed by atoms with Crippen molar-refractivity contribution in [3.05, 3.63) is 66.1 Å². The van der Waals surface area contributed by atoms with Gasteiger partial charge in [-0.2, -0.15) is 0 Å². The smallest absolute Gasteiger partial charge is 0.337 e. The van der Waals surface area contributed by atoms with Crippen molar-refractivity contribution < 1.29 is 27.1 Å². The highest BCUT2D eigenvalue weighted by molar-refractivity contribution is 7.92. The third-order valence-electron chi connectivity index (χ3n) is 4.17. The van der Waals surface area contributed by atoms with Gasteiger partial charge in [0.15, 0.2) is 0 Å². The number of hydrogen-bond donors (Lipinski definition) is 0. The largest absolute Gasteiger partial charge is 0.497 e. The quantitative estimate of drug-likeness (QED) is 0.546. The second kappa shape index (κ2) is 8.36. The van der Waals surface area contributed by atoms with Gasteiger partial charge in [0.2, 0.25) is 15.9 Å². The second-order valence-electron chi connectivity index (χ2n) is 6.18. The molecule has 0 bridgehead atoms. The molecule has 29 heavy (non-hydrogen) atoms. The number of sulfonamides is 1. The van der Waals surface area contributed by atoms with Gasteiger partial charge in [0.1, 0.15) is 17.7 Å². The van der Waals surface area contributed by atoms with Gasteiger partial charge >= 0.3 is 5.97 Å². The Morgan fingerprint density at radius 3 is 2.28 bits per heavy atom. The van der Waals surface area contributed by atoms with E-state index in [4.69, 9.17) is 9.15 Å². The van der Waals surface area contributed by atoms with E-state index in [0.29, 0.717) is 28.6 Å². The summed E-state index contributed by atoms with van der Waals surface area (Å²) in [5.41, 5.74) is 1.91. The Hall–Kier alpha value is -3.33. The van der Waals surface area contributed by atoms with E-state index in [9.17, 15) is 13.2 Å². The van der Waals surface area contributed by atoms with Crippen LogP contribution in [0, 0.1) is 0 Å². The van der Waals surface area contributed by atoms with Crippen molar-refractivity contribution in [3.63, 3.8) is 0 Å². The second-order valence-corrected chi connectivity index (χ2v) is 8.09. The lowest BCUT2D eigenvalue weighted by Crippen LogP contribution is -2.29. The van der Waals surface area contributed by atoms with E-state index in [0.717, 1.165) is 11.8 Å². The topological polar surface area (TPSA) is 98.9 Å². The van der Waals surface area contributed by atoms with Crippen molar-refractivity contribution in [2.24, 2.45) is 0 Å². The zero-order valence-corrected chi connectivity index (χ0v) is 17.0. The normalized spacial score (nSPS) is 11.1. The first-order valence-corrected chi connectivity index (χ1v) is 10.4. The molecule has 0 saturated heterocycles. The number of methoxy groups -OCH3 is 2. The van der Waals surface area contributed by atoms with Crippen LogP contribution in [0.3, 0.4) is 0 Å². The fraction of sp³-hybridized carbons (Fsp3) is 0.200. The average Bonchev–Trinajstić information content (AvgIpc) is 3.19. The van der Waals surface area contributed by atoms with Crippen molar-refractivity contribution >= 4 is 21.7 Å². The molecule has 0 saturated carbocycles. The Labute approximate surface area is 168 Å². The molecule has 8 nitrogen and oxygen atoms in total. The summed E-state index contributed by atoms with van der Waals surface area (Å²) in [7, 11) is -0.739. The predicted molar refractivity (Wildman–Crippen MR) is 107 cm³/mol. The molecule has 3 aromatic rings. The minimum atomic E-state index is -3.60. The van der Waals surface area contributed by atoms with E-state index in [2.05, 4.69) is 9.72 Å². The number of ether oxygens (including phenoxy) is 2. The van der Waals surface area contributed by atoms with E-state index in [1.54, 1.807) is 31.4 Å². The maximum Gasteiger partial charge on any atom is 0.337 e. The molecule has 2 aromatic carbocycles. The Bertz CT molecular complexity index is 1090. The lowest BCUT2D eigenvalue weighted by molar-refractivity contribution is 0.0600. The molecule has 0 amide bonds. The van der Waals surface area contributed by atoms with Crippen LogP contribution in [0.5, 0.6) is 5.75 Å². The molecule has 0 fully saturated rings. The molecule has 152 valence electrons. The van der Waals surface area contributed by atoms with Gasteiger partial charge in [0.05, 0.1) is 38.3 Å². The molecule has 0 N–H and O–H groups in total. The van der Waals surface area contributed by atoms with Crippen LogP contribution in [0.1, 0.15) is 16.1 Å². The molecule has 0 radical (unpaired) electrons. The summed E-state index contributed by atoms with van der Waals surface area (Å²) in [4.78, 5) is 16.0. The Morgan fingerprint density at radius 1 is 1.07 bits per heavy atom. The van der Waals surface area contributed by atoms with Gasteiger partial charge in [0.25, 0.3) is 0 Å². The van der Waals surface area contributed by atoms with Crippen LogP contribution in [0.25, 0.3) is 11.5 Å². The molecule has 1 aromatic heterocycles. The number of anilines is 1. The summed E-state index contributed by atoms with van der Waals surface area (Å²) < 4.78 is 41.1. The molecule has 1 heterocycles. The molecular formula is C20H20N2O6S. The summed E-state index contributed by atoms with van der Waals surface area (Å²) in [5.74, 6) is 0.583. The Kier molecular flexibility index (Phi) is 5.88. The van der Waals surface area contributed by atoms with Crippen molar-refractivity contribution in [1.29, 1.82) is 0 Å². The maximum atomic E-state index is 12.3. The number of rotatable bonds is 7. The number of nitrogens with zero attached hydrogens (tertiary/aromatic N) is 2. The number of benzene rings is 2. The minimum absolute atomic E-state index is 0.0178. The molecule has 0 spiro atoms. The van der Waals surface area contributed by atoms with Gasteiger partial charge in [-0.05, 0) is 48.5 Å². The summed E-state index contributed by atoms with van der Waals surface area (Å²) in [6, 6.07) is 13.3. The SMILES string of the molecule is COC(=O)c1ccc(N(Cc2coc(-c3ccc(OC)cc3)n2)S(C)(=O)=O)cc1. The molecule has 0 aliphatic carbocycles. The number of carbonyl (C=O) groups excluding carboxylic acids is 1. The van der Waals surface area contributed by atoms with Crippen molar-refractivity contribution in [2.75, 3.05) is 24.8 Å². The van der Waals surface area contributed by atoms with E-state index in [1.807, 2.05) is 0 Å². The van der Waals surface area contributed by atoms with Gasteiger partial charge in [-0.15, -0.1) is 0 Å². The number of oxazole rings is 1. The molecule has 0 unspecified atom stereocenters.